The number of hydrogen-bond acceptors (Lipinski definition) is 4. The molecule has 1 amide bonds. The number of anilines is 1. The lowest BCUT2D eigenvalue weighted by atomic mass is 10.1. The molecule has 5 heteroatoms. The minimum atomic E-state index is -0.250. The zero-order chi connectivity index (χ0) is 15.4. The van der Waals surface area contributed by atoms with Crippen molar-refractivity contribution in [2.24, 2.45) is 0 Å². The molecule has 1 aromatic heterocycles. The van der Waals surface area contributed by atoms with Crippen molar-refractivity contribution in [3.63, 3.8) is 0 Å². The number of carbonyl (C=O) groups is 1. The zero-order valence-corrected chi connectivity index (χ0v) is 12.2. The third-order valence-electron chi connectivity index (χ3n) is 3.59. The van der Waals surface area contributed by atoms with E-state index in [1.807, 2.05) is 24.3 Å². The third-order valence-corrected chi connectivity index (χ3v) is 3.59. The van der Waals surface area contributed by atoms with Gasteiger partial charge in [0.05, 0.1) is 12.3 Å². The van der Waals surface area contributed by atoms with Gasteiger partial charge in [0.15, 0.2) is 0 Å². The van der Waals surface area contributed by atoms with Crippen LogP contribution in [0.3, 0.4) is 0 Å². The lowest BCUT2D eigenvalue weighted by Gasteiger charge is -2.24. The van der Waals surface area contributed by atoms with Crippen LogP contribution in [0.4, 0.5) is 5.69 Å². The fraction of sp³-hybridized carbons (Fsp3) is 0.294. The van der Waals surface area contributed by atoms with Crippen molar-refractivity contribution < 1.29 is 14.3 Å². The van der Waals surface area contributed by atoms with E-state index in [9.17, 15) is 4.79 Å². The molecule has 3 rings (SSSR count). The number of rotatable bonds is 4. The van der Waals surface area contributed by atoms with E-state index in [-0.39, 0.29) is 12.0 Å². The van der Waals surface area contributed by atoms with Crippen LogP contribution < -0.4 is 10.1 Å². The molecule has 1 saturated heterocycles. The highest BCUT2D eigenvalue weighted by molar-refractivity contribution is 6.06. The Morgan fingerprint density at radius 1 is 1.45 bits per heavy atom. The Hall–Kier alpha value is -2.40. The van der Waals surface area contributed by atoms with Crippen LogP contribution in [-0.4, -0.2) is 30.2 Å². The summed E-state index contributed by atoms with van der Waals surface area (Å²) < 4.78 is 11.5. The highest BCUT2D eigenvalue weighted by atomic mass is 16.5. The fourth-order valence-electron chi connectivity index (χ4n) is 2.52. The summed E-state index contributed by atoms with van der Waals surface area (Å²) in [7, 11) is 0. The summed E-state index contributed by atoms with van der Waals surface area (Å²) >= 11 is 0. The third kappa shape index (κ3) is 3.09. The molecule has 0 radical (unpaired) electrons. The topological polar surface area (TPSA) is 60.5 Å². The average molecular weight is 298 g/mol. The molecule has 1 unspecified atom stereocenters. The summed E-state index contributed by atoms with van der Waals surface area (Å²) in [4.78, 5) is 15.9. The smallest absolute Gasteiger partial charge is 0.247 e. The van der Waals surface area contributed by atoms with Gasteiger partial charge in [-0.1, -0.05) is 6.58 Å². The van der Waals surface area contributed by atoms with Crippen molar-refractivity contribution in [2.45, 2.75) is 18.9 Å². The van der Waals surface area contributed by atoms with Crippen molar-refractivity contribution in [3.05, 3.63) is 43.1 Å². The van der Waals surface area contributed by atoms with Gasteiger partial charge in [-0.2, -0.15) is 0 Å². The maximum atomic E-state index is 11.5. The summed E-state index contributed by atoms with van der Waals surface area (Å²) in [5.41, 5.74) is 1.43. The number of benzene rings is 1. The molecular weight excluding hydrogens is 280 g/mol. The molecule has 0 bridgehead atoms. The minimum Gasteiger partial charge on any atom is -0.486 e. The Balaban J connectivity index is 1.93. The number of nitrogens with zero attached hydrogens (tertiary/aromatic N) is 1. The van der Waals surface area contributed by atoms with Gasteiger partial charge in [-0.15, -0.1) is 0 Å². The molecular formula is C17H18N2O3. The molecule has 1 atom stereocenters. The van der Waals surface area contributed by atoms with Crippen molar-refractivity contribution in [1.29, 1.82) is 0 Å². The van der Waals surface area contributed by atoms with E-state index in [1.54, 1.807) is 6.20 Å². The second-order valence-corrected chi connectivity index (χ2v) is 5.16. The van der Waals surface area contributed by atoms with Gasteiger partial charge < -0.3 is 14.8 Å². The van der Waals surface area contributed by atoms with E-state index < -0.39 is 0 Å². The SMILES string of the molecule is C=CC(=O)Nc1ccc(OC2CCCOC2)c2ncccc12. The Morgan fingerprint density at radius 3 is 3.14 bits per heavy atom. The first kappa shape index (κ1) is 14.5. The van der Waals surface area contributed by atoms with Crippen LogP contribution in [0.1, 0.15) is 12.8 Å². The lowest BCUT2D eigenvalue weighted by Crippen LogP contribution is -2.28. The van der Waals surface area contributed by atoms with E-state index in [1.165, 1.54) is 6.08 Å². The number of hydrogen-bond donors (Lipinski definition) is 1. The molecule has 1 aromatic carbocycles. The second-order valence-electron chi connectivity index (χ2n) is 5.16. The fourth-order valence-corrected chi connectivity index (χ4v) is 2.52. The van der Waals surface area contributed by atoms with E-state index in [0.29, 0.717) is 18.0 Å². The molecule has 1 N–H and O–H groups in total. The van der Waals surface area contributed by atoms with Crippen molar-refractivity contribution in [3.8, 4) is 5.75 Å². The van der Waals surface area contributed by atoms with Crippen LogP contribution in [0.2, 0.25) is 0 Å². The van der Waals surface area contributed by atoms with Crippen molar-refractivity contribution in [2.75, 3.05) is 18.5 Å². The van der Waals surface area contributed by atoms with E-state index in [0.717, 1.165) is 30.4 Å². The first-order valence-electron chi connectivity index (χ1n) is 7.33. The van der Waals surface area contributed by atoms with Gasteiger partial charge in [0.2, 0.25) is 5.91 Å². The van der Waals surface area contributed by atoms with Crippen LogP contribution in [-0.2, 0) is 9.53 Å². The van der Waals surface area contributed by atoms with Gasteiger partial charge in [0, 0.05) is 18.2 Å². The second kappa shape index (κ2) is 6.58. The molecule has 1 fully saturated rings. The first-order valence-corrected chi connectivity index (χ1v) is 7.33. The van der Waals surface area contributed by atoms with Crippen LogP contribution in [0, 0.1) is 0 Å². The van der Waals surface area contributed by atoms with E-state index in [4.69, 9.17) is 9.47 Å². The van der Waals surface area contributed by atoms with Crippen LogP contribution >= 0.6 is 0 Å². The number of nitrogens with one attached hydrogen (secondary N) is 1. The molecule has 2 heterocycles. The molecule has 0 aliphatic carbocycles. The van der Waals surface area contributed by atoms with Crippen molar-refractivity contribution >= 4 is 22.5 Å². The van der Waals surface area contributed by atoms with Gasteiger partial charge in [0.25, 0.3) is 0 Å². The standard InChI is InChI=1S/C17H18N2O3/c1-2-16(20)19-14-7-8-15(17-13(14)6-3-9-18-17)22-12-5-4-10-21-11-12/h2-3,6-9,12H,1,4-5,10-11H2,(H,19,20). The molecule has 5 nitrogen and oxygen atoms in total. The van der Waals surface area contributed by atoms with Crippen LogP contribution in [0.5, 0.6) is 5.75 Å². The summed E-state index contributed by atoms with van der Waals surface area (Å²) in [5, 5.41) is 3.63. The maximum Gasteiger partial charge on any atom is 0.247 e. The monoisotopic (exact) mass is 298 g/mol. The van der Waals surface area contributed by atoms with Gasteiger partial charge >= 0.3 is 0 Å². The molecule has 0 spiro atoms. The Labute approximate surface area is 128 Å². The predicted octanol–water partition coefficient (Wildman–Crippen LogP) is 2.92. The highest BCUT2D eigenvalue weighted by Gasteiger charge is 2.17. The molecule has 0 saturated carbocycles. The van der Waals surface area contributed by atoms with Crippen molar-refractivity contribution in [1.82, 2.24) is 4.98 Å². The number of pyridine rings is 1. The first-order chi connectivity index (χ1) is 10.8. The number of ether oxygens (including phenoxy) is 2. The molecule has 22 heavy (non-hydrogen) atoms. The maximum absolute atomic E-state index is 11.5. The molecule has 2 aromatic rings. The van der Waals surface area contributed by atoms with E-state index in [2.05, 4.69) is 16.9 Å². The van der Waals surface area contributed by atoms with Crippen LogP contribution in [0.15, 0.2) is 43.1 Å². The van der Waals surface area contributed by atoms with Gasteiger partial charge in [-0.25, -0.2) is 0 Å². The number of amides is 1. The summed E-state index contributed by atoms with van der Waals surface area (Å²) in [6.07, 6.45) is 4.98. The Morgan fingerprint density at radius 2 is 2.36 bits per heavy atom. The highest BCUT2D eigenvalue weighted by Crippen LogP contribution is 2.31. The Kier molecular flexibility index (Phi) is 4.34. The number of carbonyl (C=O) groups excluding carboxylic acids is 1. The summed E-state index contributed by atoms with van der Waals surface area (Å²) in [5.74, 6) is 0.460. The molecule has 1 aliphatic heterocycles. The minimum absolute atomic E-state index is 0.0487. The van der Waals surface area contributed by atoms with Gasteiger partial charge in [-0.05, 0) is 43.2 Å². The molecule has 114 valence electrons. The Bertz CT molecular complexity index is 693. The quantitative estimate of drug-likeness (QED) is 0.882. The number of fused-ring (bicyclic) bond motifs is 1. The van der Waals surface area contributed by atoms with Crippen LogP contribution in [0.25, 0.3) is 10.9 Å². The summed E-state index contributed by atoms with van der Waals surface area (Å²) in [6, 6.07) is 7.40. The average Bonchev–Trinajstić information content (AvgIpc) is 2.58. The largest absolute Gasteiger partial charge is 0.486 e. The number of aromatic nitrogens is 1. The molecule has 1 aliphatic rings. The van der Waals surface area contributed by atoms with Gasteiger partial charge in [-0.3, -0.25) is 9.78 Å². The summed E-state index contributed by atoms with van der Waals surface area (Å²) in [6.45, 7) is 4.86. The normalized spacial score (nSPS) is 17.9. The predicted molar refractivity (Wildman–Crippen MR) is 85.0 cm³/mol. The lowest BCUT2D eigenvalue weighted by molar-refractivity contribution is -0.111. The zero-order valence-electron chi connectivity index (χ0n) is 12.2. The van der Waals surface area contributed by atoms with E-state index >= 15 is 0 Å². The van der Waals surface area contributed by atoms with Gasteiger partial charge in [0.1, 0.15) is 17.4 Å².